The number of benzene rings is 2. The van der Waals surface area contributed by atoms with Gasteiger partial charge in [0, 0.05) is 11.5 Å². The predicted octanol–water partition coefficient (Wildman–Crippen LogP) is 2.78. The largest absolute Gasteiger partial charge is 0.493 e. The van der Waals surface area contributed by atoms with Crippen molar-refractivity contribution in [2.45, 2.75) is 10.8 Å². The van der Waals surface area contributed by atoms with Crippen molar-refractivity contribution in [1.82, 2.24) is 0 Å². The first kappa shape index (κ1) is 13.1. The molecule has 1 heterocycles. The van der Waals surface area contributed by atoms with E-state index in [1.54, 1.807) is 0 Å². The summed E-state index contributed by atoms with van der Waals surface area (Å²) in [5.41, 5.74) is 0.868. The van der Waals surface area contributed by atoms with Crippen LogP contribution in [0.25, 0.3) is 0 Å². The van der Waals surface area contributed by atoms with E-state index in [1.807, 2.05) is 24.3 Å². The van der Waals surface area contributed by atoms with E-state index in [2.05, 4.69) is 0 Å². The molecule has 20 heavy (non-hydrogen) atoms. The van der Waals surface area contributed by atoms with Gasteiger partial charge in [0.2, 0.25) is 0 Å². The summed E-state index contributed by atoms with van der Waals surface area (Å²) in [6.07, 6.45) is 0. The molecule has 3 nitrogen and oxygen atoms in total. The van der Waals surface area contributed by atoms with E-state index in [0.29, 0.717) is 12.4 Å². The number of hydrogen-bond donors (Lipinski definition) is 0. The molecule has 5 heteroatoms. The molecule has 1 unspecified atom stereocenters. The highest BCUT2D eigenvalue weighted by molar-refractivity contribution is 7.91. The van der Waals surface area contributed by atoms with Crippen LogP contribution in [-0.2, 0) is 9.84 Å². The van der Waals surface area contributed by atoms with Crippen LogP contribution in [0.4, 0.5) is 4.39 Å². The van der Waals surface area contributed by atoms with Crippen molar-refractivity contribution in [2.75, 3.05) is 12.4 Å². The Morgan fingerprint density at radius 2 is 1.80 bits per heavy atom. The van der Waals surface area contributed by atoms with E-state index < -0.39 is 15.7 Å². The van der Waals surface area contributed by atoms with Gasteiger partial charge in [-0.15, -0.1) is 0 Å². The van der Waals surface area contributed by atoms with Crippen LogP contribution in [0.2, 0.25) is 0 Å². The standard InChI is InChI=1S/C15H13FO3S/c16-13-6-2-4-8-15(13)20(17,18)10-11-9-19-14-7-3-1-5-12(11)14/h1-8,11H,9-10H2. The first-order valence-corrected chi connectivity index (χ1v) is 7.92. The lowest BCUT2D eigenvalue weighted by molar-refractivity contribution is 0.337. The Bertz CT molecular complexity index is 740. The van der Waals surface area contributed by atoms with Gasteiger partial charge in [0.15, 0.2) is 9.84 Å². The van der Waals surface area contributed by atoms with Gasteiger partial charge < -0.3 is 4.74 Å². The third-order valence-electron chi connectivity index (χ3n) is 3.39. The van der Waals surface area contributed by atoms with Gasteiger partial charge in [-0.05, 0) is 18.2 Å². The fourth-order valence-electron chi connectivity index (χ4n) is 2.42. The molecule has 0 aromatic heterocycles. The minimum atomic E-state index is -3.67. The summed E-state index contributed by atoms with van der Waals surface area (Å²) in [6.45, 7) is 0.313. The number of ether oxygens (including phenoxy) is 1. The number of para-hydroxylation sites is 1. The molecule has 104 valence electrons. The molecule has 0 N–H and O–H groups in total. The summed E-state index contributed by atoms with van der Waals surface area (Å²) in [5.74, 6) is -0.401. The minimum Gasteiger partial charge on any atom is -0.493 e. The lowest BCUT2D eigenvalue weighted by atomic mass is 10.0. The Hall–Kier alpha value is -1.88. The van der Waals surface area contributed by atoms with Crippen molar-refractivity contribution in [2.24, 2.45) is 0 Å². The zero-order valence-electron chi connectivity index (χ0n) is 10.6. The van der Waals surface area contributed by atoms with Crippen LogP contribution in [0.1, 0.15) is 11.5 Å². The van der Waals surface area contributed by atoms with Crippen LogP contribution in [0.3, 0.4) is 0 Å². The molecule has 1 atom stereocenters. The molecule has 1 aliphatic rings. The molecule has 2 aromatic rings. The fourth-order valence-corrected chi connectivity index (χ4v) is 4.05. The fraction of sp³-hybridized carbons (Fsp3) is 0.200. The predicted molar refractivity (Wildman–Crippen MR) is 73.1 cm³/mol. The van der Waals surface area contributed by atoms with Crippen LogP contribution in [-0.4, -0.2) is 20.8 Å². The van der Waals surface area contributed by atoms with Crippen molar-refractivity contribution in [3.8, 4) is 5.75 Å². The first-order valence-electron chi connectivity index (χ1n) is 6.27. The number of halogens is 1. The molecule has 0 fully saturated rings. The van der Waals surface area contributed by atoms with Gasteiger partial charge >= 0.3 is 0 Å². The molecule has 0 aliphatic carbocycles. The van der Waals surface area contributed by atoms with Gasteiger partial charge in [-0.1, -0.05) is 30.3 Å². The SMILES string of the molecule is O=S(=O)(CC1COc2ccccc21)c1ccccc1F. The Balaban J connectivity index is 1.91. The van der Waals surface area contributed by atoms with E-state index >= 15 is 0 Å². The second-order valence-corrected chi connectivity index (χ2v) is 6.76. The topological polar surface area (TPSA) is 43.4 Å². The Morgan fingerprint density at radius 1 is 1.10 bits per heavy atom. The van der Waals surface area contributed by atoms with Gasteiger partial charge in [-0.3, -0.25) is 0 Å². The molecule has 2 aromatic carbocycles. The molecule has 1 aliphatic heterocycles. The molecule has 3 rings (SSSR count). The summed E-state index contributed by atoms with van der Waals surface area (Å²) in [6, 6.07) is 12.8. The third kappa shape index (κ3) is 2.29. The number of fused-ring (bicyclic) bond motifs is 1. The van der Waals surface area contributed by atoms with Crippen molar-refractivity contribution >= 4 is 9.84 Å². The van der Waals surface area contributed by atoms with Crippen LogP contribution < -0.4 is 4.74 Å². The molecule has 0 bridgehead atoms. The molecule has 0 spiro atoms. The Labute approximate surface area is 116 Å². The summed E-state index contributed by atoms with van der Waals surface area (Å²) >= 11 is 0. The lowest BCUT2D eigenvalue weighted by Crippen LogP contribution is -2.17. The minimum absolute atomic E-state index is 0.148. The third-order valence-corrected chi connectivity index (χ3v) is 5.23. The van der Waals surface area contributed by atoms with Crippen molar-refractivity contribution in [1.29, 1.82) is 0 Å². The summed E-state index contributed by atoms with van der Waals surface area (Å²) in [4.78, 5) is -0.246. The van der Waals surface area contributed by atoms with Gasteiger partial charge in [0.05, 0.1) is 12.4 Å². The maximum atomic E-state index is 13.6. The molecule has 0 radical (unpaired) electrons. The lowest BCUT2D eigenvalue weighted by Gasteiger charge is -2.10. The molecule has 0 saturated heterocycles. The quantitative estimate of drug-likeness (QED) is 0.873. The maximum absolute atomic E-state index is 13.6. The highest BCUT2D eigenvalue weighted by atomic mass is 32.2. The highest BCUT2D eigenvalue weighted by Crippen LogP contribution is 2.35. The van der Waals surface area contributed by atoms with E-state index in [-0.39, 0.29) is 16.6 Å². The van der Waals surface area contributed by atoms with E-state index in [9.17, 15) is 12.8 Å². The van der Waals surface area contributed by atoms with E-state index in [4.69, 9.17) is 4.74 Å². The second kappa shape index (κ2) is 4.90. The average Bonchev–Trinajstić information content (AvgIpc) is 2.82. The van der Waals surface area contributed by atoms with Gasteiger partial charge in [-0.2, -0.15) is 0 Å². The number of sulfone groups is 1. The van der Waals surface area contributed by atoms with E-state index in [0.717, 1.165) is 11.6 Å². The van der Waals surface area contributed by atoms with Crippen molar-refractivity contribution in [3.05, 3.63) is 59.9 Å². The van der Waals surface area contributed by atoms with Gasteiger partial charge in [0.25, 0.3) is 0 Å². The van der Waals surface area contributed by atoms with Gasteiger partial charge in [0.1, 0.15) is 16.5 Å². The first-order chi connectivity index (χ1) is 9.58. The molecular formula is C15H13FO3S. The molecular weight excluding hydrogens is 279 g/mol. The summed E-state index contributed by atoms with van der Waals surface area (Å²) in [7, 11) is -3.67. The number of hydrogen-bond acceptors (Lipinski definition) is 3. The smallest absolute Gasteiger partial charge is 0.182 e. The Kier molecular flexibility index (Phi) is 3.22. The monoisotopic (exact) mass is 292 g/mol. The average molecular weight is 292 g/mol. The normalized spacial score (nSPS) is 17.6. The van der Waals surface area contributed by atoms with Crippen molar-refractivity contribution in [3.63, 3.8) is 0 Å². The highest BCUT2D eigenvalue weighted by Gasteiger charge is 2.30. The van der Waals surface area contributed by atoms with Gasteiger partial charge in [-0.25, -0.2) is 12.8 Å². The molecule has 0 saturated carbocycles. The van der Waals surface area contributed by atoms with Crippen molar-refractivity contribution < 1.29 is 17.5 Å². The zero-order valence-corrected chi connectivity index (χ0v) is 11.4. The molecule has 0 amide bonds. The Morgan fingerprint density at radius 3 is 2.60 bits per heavy atom. The zero-order chi connectivity index (χ0) is 14.2. The van der Waals surface area contributed by atoms with Crippen LogP contribution in [0, 0.1) is 5.82 Å². The second-order valence-electron chi connectivity index (χ2n) is 4.76. The van der Waals surface area contributed by atoms with Crippen LogP contribution in [0.5, 0.6) is 5.75 Å². The maximum Gasteiger partial charge on any atom is 0.182 e. The van der Waals surface area contributed by atoms with Crippen LogP contribution in [0.15, 0.2) is 53.4 Å². The van der Waals surface area contributed by atoms with Crippen LogP contribution >= 0.6 is 0 Å². The van der Waals surface area contributed by atoms with E-state index in [1.165, 1.54) is 18.2 Å². The summed E-state index contributed by atoms with van der Waals surface area (Å²) in [5, 5.41) is 0. The number of rotatable bonds is 3. The summed E-state index contributed by atoms with van der Waals surface area (Å²) < 4.78 is 43.8.